The van der Waals surface area contributed by atoms with Gasteiger partial charge in [0.05, 0.1) is 0 Å². The summed E-state index contributed by atoms with van der Waals surface area (Å²) in [5, 5.41) is 5.18. The summed E-state index contributed by atoms with van der Waals surface area (Å²) in [5.41, 5.74) is 4.71. The van der Waals surface area contributed by atoms with Crippen LogP contribution in [0.3, 0.4) is 0 Å². The Balaban J connectivity index is 1.67. The van der Waals surface area contributed by atoms with Crippen LogP contribution >= 0.6 is 11.6 Å². The lowest BCUT2D eigenvalue weighted by molar-refractivity contribution is -0.122. The van der Waals surface area contributed by atoms with Crippen LogP contribution in [0.1, 0.15) is 68.1 Å². The monoisotopic (exact) mass is 408 g/mol. The summed E-state index contributed by atoms with van der Waals surface area (Å²) in [6.07, 6.45) is 9.38. The second kappa shape index (κ2) is 9.04. The maximum absolute atomic E-state index is 13.0. The molecule has 1 saturated carbocycles. The molecule has 1 atom stereocenters. The Morgan fingerprint density at radius 3 is 2.72 bits per heavy atom. The van der Waals surface area contributed by atoms with E-state index >= 15 is 0 Å². The lowest BCUT2D eigenvalue weighted by Crippen LogP contribution is -2.36. The highest BCUT2D eigenvalue weighted by molar-refractivity contribution is 6.30. The molecule has 0 radical (unpaired) electrons. The molecule has 2 N–H and O–H groups in total. The van der Waals surface area contributed by atoms with E-state index in [9.17, 15) is 4.79 Å². The van der Waals surface area contributed by atoms with Crippen LogP contribution in [0, 0.1) is 0 Å². The molecule has 0 saturated heterocycles. The molecule has 1 unspecified atom stereocenters. The number of rotatable bonds is 6. The zero-order valence-corrected chi connectivity index (χ0v) is 17.8. The third kappa shape index (κ3) is 4.51. The number of aromatic nitrogens is 1. The first-order valence-corrected chi connectivity index (χ1v) is 11.2. The molecule has 4 rings (SSSR count). The highest BCUT2D eigenvalue weighted by atomic mass is 35.5. The normalized spacial score (nSPS) is 16.1. The molecule has 1 aliphatic rings. The van der Waals surface area contributed by atoms with Gasteiger partial charge in [0.1, 0.15) is 0 Å². The van der Waals surface area contributed by atoms with E-state index in [4.69, 9.17) is 11.6 Å². The number of carbonyl (C=O) groups is 1. The molecule has 1 aliphatic carbocycles. The zero-order valence-electron chi connectivity index (χ0n) is 17.0. The Morgan fingerprint density at radius 2 is 1.97 bits per heavy atom. The van der Waals surface area contributed by atoms with Crippen molar-refractivity contribution < 1.29 is 4.79 Å². The molecule has 1 aromatic heterocycles. The maximum Gasteiger partial charge on any atom is 0.221 e. The number of hydrogen-bond donors (Lipinski definition) is 2. The van der Waals surface area contributed by atoms with E-state index in [2.05, 4.69) is 47.7 Å². The van der Waals surface area contributed by atoms with Crippen molar-refractivity contribution in [2.24, 2.45) is 0 Å². The lowest BCUT2D eigenvalue weighted by atomic mass is 9.87. The van der Waals surface area contributed by atoms with Crippen LogP contribution in [0.2, 0.25) is 5.02 Å². The van der Waals surface area contributed by atoms with Crippen molar-refractivity contribution >= 4 is 28.4 Å². The minimum atomic E-state index is -0.0295. The van der Waals surface area contributed by atoms with Gasteiger partial charge in [-0.15, -0.1) is 0 Å². The third-order valence-electron chi connectivity index (χ3n) is 6.20. The number of aryl methyl sites for hydroxylation is 1. The first-order chi connectivity index (χ1) is 14.2. The fourth-order valence-electron chi connectivity index (χ4n) is 4.67. The molecular formula is C25H29ClN2O. The molecule has 3 aromatic rings. The van der Waals surface area contributed by atoms with Crippen LogP contribution in [0.4, 0.5) is 0 Å². The van der Waals surface area contributed by atoms with Crippen LogP contribution < -0.4 is 5.32 Å². The summed E-state index contributed by atoms with van der Waals surface area (Å²) >= 11 is 6.30. The zero-order chi connectivity index (χ0) is 20.2. The smallest absolute Gasteiger partial charge is 0.221 e. The maximum atomic E-state index is 13.0. The van der Waals surface area contributed by atoms with Crippen molar-refractivity contribution in [2.75, 3.05) is 0 Å². The van der Waals surface area contributed by atoms with Crippen LogP contribution in [-0.4, -0.2) is 16.9 Å². The molecule has 1 amide bonds. The Bertz CT molecular complexity index is 987. The van der Waals surface area contributed by atoms with E-state index in [1.54, 1.807) is 0 Å². The highest BCUT2D eigenvalue weighted by Gasteiger charge is 2.24. The van der Waals surface area contributed by atoms with Gasteiger partial charge in [0.25, 0.3) is 0 Å². The first kappa shape index (κ1) is 20.0. The predicted molar refractivity (Wildman–Crippen MR) is 121 cm³/mol. The van der Waals surface area contributed by atoms with Gasteiger partial charge in [-0.25, -0.2) is 0 Å². The highest BCUT2D eigenvalue weighted by Crippen LogP contribution is 2.35. The number of aromatic amines is 1. The fourth-order valence-corrected chi connectivity index (χ4v) is 4.87. The summed E-state index contributed by atoms with van der Waals surface area (Å²) in [5.74, 6) is 0.0982. The Hall–Kier alpha value is -2.26. The van der Waals surface area contributed by atoms with Crippen LogP contribution in [-0.2, 0) is 11.2 Å². The molecule has 4 heteroatoms. The van der Waals surface area contributed by atoms with Gasteiger partial charge in [0.15, 0.2) is 0 Å². The summed E-state index contributed by atoms with van der Waals surface area (Å²) in [4.78, 5) is 16.4. The van der Waals surface area contributed by atoms with Crippen molar-refractivity contribution in [1.82, 2.24) is 10.3 Å². The topological polar surface area (TPSA) is 44.9 Å². The Kier molecular flexibility index (Phi) is 6.25. The SMILES string of the molecule is CCc1cccc2c(C(CC(=O)NC3CCCCC3)c3cccc(Cl)c3)c[nH]c12. The van der Waals surface area contributed by atoms with Crippen LogP contribution in [0.5, 0.6) is 0 Å². The van der Waals surface area contributed by atoms with E-state index in [1.807, 2.05) is 18.2 Å². The number of amides is 1. The molecule has 0 bridgehead atoms. The van der Waals surface area contributed by atoms with Crippen molar-refractivity contribution in [3.05, 3.63) is 70.4 Å². The van der Waals surface area contributed by atoms with Gasteiger partial charge in [0.2, 0.25) is 5.91 Å². The second-order valence-corrected chi connectivity index (χ2v) is 8.59. The second-order valence-electron chi connectivity index (χ2n) is 8.15. The van der Waals surface area contributed by atoms with Gasteiger partial charge >= 0.3 is 0 Å². The standard InChI is InChI=1S/C25H29ClN2O/c1-2-17-8-7-13-21-23(16-27-25(17)21)22(18-9-6-10-19(26)14-18)15-24(29)28-20-11-4-3-5-12-20/h6-10,13-14,16,20,22,27H,2-5,11-12,15H2,1H3,(H,28,29). The van der Waals surface area contributed by atoms with Gasteiger partial charge < -0.3 is 10.3 Å². The predicted octanol–water partition coefficient (Wildman–Crippen LogP) is 6.35. The number of fused-ring (bicyclic) bond motifs is 1. The van der Waals surface area contributed by atoms with E-state index in [1.165, 1.54) is 35.7 Å². The van der Waals surface area contributed by atoms with Gasteiger partial charge in [0, 0.05) is 40.5 Å². The number of H-pyrrole nitrogens is 1. The summed E-state index contributed by atoms with van der Waals surface area (Å²) < 4.78 is 0. The van der Waals surface area contributed by atoms with Crippen LogP contribution in [0.15, 0.2) is 48.7 Å². The first-order valence-electron chi connectivity index (χ1n) is 10.8. The third-order valence-corrected chi connectivity index (χ3v) is 6.44. The minimum absolute atomic E-state index is 0.0295. The summed E-state index contributed by atoms with van der Waals surface area (Å²) in [6, 6.07) is 14.7. The van der Waals surface area contributed by atoms with Crippen molar-refractivity contribution in [3.63, 3.8) is 0 Å². The molecule has 1 heterocycles. The summed E-state index contributed by atoms with van der Waals surface area (Å²) in [7, 11) is 0. The van der Waals surface area contributed by atoms with Gasteiger partial charge in [-0.05, 0) is 48.1 Å². The molecule has 0 aliphatic heterocycles. The number of nitrogens with one attached hydrogen (secondary N) is 2. The fraction of sp³-hybridized carbons (Fsp3) is 0.400. The largest absolute Gasteiger partial charge is 0.361 e. The average Bonchev–Trinajstić information content (AvgIpc) is 3.17. The molecular weight excluding hydrogens is 380 g/mol. The molecule has 0 spiro atoms. The lowest BCUT2D eigenvalue weighted by Gasteiger charge is -2.24. The molecule has 152 valence electrons. The minimum Gasteiger partial charge on any atom is -0.361 e. The van der Waals surface area contributed by atoms with E-state index in [0.29, 0.717) is 17.5 Å². The molecule has 3 nitrogen and oxygen atoms in total. The number of para-hydroxylation sites is 1. The van der Waals surface area contributed by atoms with E-state index < -0.39 is 0 Å². The average molecular weight is 409 g/mol. The number of hydrogen-bond acceptors (Lipinski definition) is 1. The van der Waals surface area contributed by atoms with Gasteiger partial charge in [-0.3, -0.25) is 4.79 Å². The van der Waals surface area contributed by atoms with Crippen molar-refractivity contribution in [2.45, 2.75) is 63.8 Å². The Morgan fingerprint density at radius 1 is 1.17 bits per heavy atom. The van der Waals surface area contributed by atoms with Crippen molar-refractivity contribution in [1.29, 1.82) is 0 Å². The molecule has 1 fully saturated rings. The van der Waals surface area contributed by atoms with E-state index in [0.717, 1.165) is 30.4 Å². The van der Waals surface area contributed by atoms with Gasteiger partial charge in [-0.1, -0.05) is 68.1 Å². The number of carbonyl (C=O) groups excluding carboxylic acids is 1. The number of halogens is 1. The van der Waals surface area contributed by atoms with Crippen LogP contribution in [0.25, 0.3) is 10.9 Å². The van der Waals surface area contributed by atoms with Gasteiger partial charge in [-0.2, -0.15) is 0 Å². The molecule has 29 heavy (non-hydrogen) atoms. The number of benzene rings is 2. The van der Waals surface area contributed by atoms with Crippen molar-refractivity contribution in [3.8, 4) is 0 Å². The quantitative estimate of drug-likeness (QED) is 0.490. The van der Waals surface area contributed by atoms with E-state index in [-0.39, 0.29) is 11.8 Å². The molecule has 2 aromatic carbocycles. The Labute approximate surface area is 177 Å². The summed E-state index contributed by atoms with van der Waals surface area (Å²) in [6.45, 7) is 2.17.